The van der Waals surface area contributed by atoms with Gasteiger partial charge in [-0.2, -0.15) is 0 Å². The highest BCUT2D eigenvalue weighted by atomic mass is 35.5. The lowest BCUT2D eigenvalue weighted by Crippen LogP contribution is -2.44. The molecule has 9 heteroatoms. The summed E-state index contributed by atoms with van der Waals surface area (Å²) in [4.78, 5) is 20.3. The van der Waals surface area contributed by atoms with E-state index in [-0.39, 0.29) is 18.2 Å². The number of likely N-dealkylation sites (tertiary alicyclic amines) is 1. The van der Waals surface area contributed by atoms with Crippen molar-refractivity contribution in [2.75, 3.05) is 32.4 Å². The quantitative estimate of drug-likeness (QED) is 0.604. The second kappa shape index (κ2) is 8.70. The van der Waals surface area contributed by atoms with Crippen LogP contribution < -0.4 is 9.47 Å². The summed E-state index contributed by atoms with van der Waals surface area (Å²) in [6, 6.07) is 11.3. The number of benzene rings is 2. The third-order valence-electron chi connectivity index (χ3n) is 5.99. The van der Waals surface area contributed by atoms with Gasteiger partial charge in [0.05, 0.1) is 12.8 Å². The highest BCUT2D eigenvalue weighted by molar-refractivity contribution is 7.51. The van der Waals surface area contributed by atoms with Crippen LogP contribution in [0.2, 0.25) is 10.0 Å². The van der Waals surface area contributed by atoms with Gasteiger partial charge in [-0.1, -0.05) is 35.3 Å². The van der Waals surface area contributed by atoms with Crippen LogP contribution in [0, 0.1) is 0 Å². The van der Waals surface area contributed by atoms with Crippen molar-refractivity contribution in [2.45, 2.75) is 24.9 Å². The molecular formula is C21H24Cl2NO5P. The molecule has 2 heterocycles. The SMILES string of the molecule is O=P(O)(O)CCN1CCC2(CC1)COc1cc(OCc3c(Cl)cccc3Cl)ccc12. The summed E-state index contributed by atoms with van der Waals surface area (Å²) >= 11 is 12.4. The monoisotopic (exact) mass is 471 g/mol. The van der Waals surface area contributed by atoms with Gasteiger partial charge in [-0.05, 0) is 44.1 Å². The molecule has 2 aromatic carbocycles. The number of piperidine rings is 1. The molecule has 0 aromatic heterocycles. The Kier molecular flexibility index (Phi) is 6.36. The van der Waals surface area contributed by atoms with Crippen LogP contribution in [-0.2, 0) is 16.6 Å². The zero-order chi connectivity index (χ0) is 21.4. The molecule has 1 fully saturated rings. The van der Waals surface area contributed by atoms with E-state index < -0.39 is 7.60 Å². The summed E-state index contributed by atoms with van der Waals surface area (Å²) in [5.41, 5.74) is 1.89. The predicted octanol–water partition coefficient (Wildman–Crippen LogP) is 4.48. The Morgan fingerprint density at radius 1 is 1.13 bits per heavy atom. The maximum Gasteiger partial charge on any atom is 0.326 e. The van der Waals surface area contributed by atoms with Crippen LogP contribution in [0.1, 0.15) is 24.0 Å². The van der Waals surface area contributed by atoms with E-state index in [0.29, 0.717) is 28.9 Å². The molecule has 2 aliphatic heterocycles. The molecule has 0 atom stereocenters. The fourth-order valence-corrected chi connectivity index (χ4v) is 5.21. The van der Waals surface area contributed by atoms with Crippen LogP contribution in [0.15, 0.2) is 36.4 Å². The first-order valence-corrected chi connectivity index (χ1v) is 12.4. The molecule has 30 heavy (non-hydrogen) atoms. The van der Waals surface area contributed by atoms with E-state index in [4.69, 9.17) is 42.5 Å². The van der Waals surface area contributed by atoms with Gasteiger partial charge in [0.15, 0.2) is 0 Å². The fraction of sp³-hybridized carbons (Fsp3) is 0.429. The van der Waals surface area contributed by atoms with Gasteiger partial charge in [0.2, 0.25) is 0 Å². The van der Waals surface area contributed by atoms with Crippen molar-refractivity contribution in [1.29, 1.82) is 0 Å². The molecule has 2 N–H and O–H groups in total. The molecule has 6 nitrogen and oxygen atoms in total. The van der Waals surface area contributed by atoms with E-state index >= 15 is 0 Å². The van der Waals surface area contributed by atoms with Gasteiger partial charge in [0.1, 0.15) is 18.1 Å². The minimum atomic E-state index is -3.96. The van der Waals surface area contributed by atoms with Gasteiger partial charge in [-0.15, -0.1) is 0 Å². The van der Waals surface area contributed by atoms with Crippen molar-refractivity contribution < 1.29 is 23.8 Å². The summed E-state index contributed by atoms with van der Waals surface area (Å²) < 4.78 is 23.0. The third kappa shape index (κ3) is 4.80. The number of ether oxygens (including phenoxy) is 2. The molecule has 2 aromatic rings. The van der Waals surface area contributed by atoms with Crippen LogP contribution >= 0.6 is 30.8 Å². The molecule has 0 unspecified atom stereocenters. The Morgan fingerprint density at radius 3 is 2.50 bits per heavy atom. The van der Waals surface area contributed by atoms with Gasteiger partial charge in [0, 0.05) is 39.2 Å². The maximum atomic E-state index is 11.1. The summed E-state index contributed by atoms with van der Waals surface area (Å²) in [5, 5.41) is 1.15. The second-order valence-electron chi connectivity index (χ2n) is 7.95. The van der Waals surface area contributed by atoms with Crippen molar-refractivity contribution in [3.63, 3.8) is 0 Å². The van der Waals surface area contributed by atoms with Gasteiger partial charge in [0.25, 0.3) is 0 Å². The molecule has 4 rings (SSSR count). The van der Waals surface area contributed by atoms with Crippen LogP contribution in [0.5, 0.6) is 11.5 Å². The van der Waals surface area contributed by atoms with E-state index in [2.05, 4.69) is 11.0 Å². The molecule has 162 valence electrons. The topological polar surface area (TPSA) is 79.2 Å². The Labute approximate surface area is 185 Å². The average molecular weight is 472 g/mol. The fourth-order valence-electron chi connectivity index (χ4n) is 4.16. The van der Waals surface area contributed by atoms with Crippen molar-refractivity contribution in [2.24, 2.45) is 0 Å². The van der Waals surface area contributed by atoms with Crippen molar-refractivity contribution in [3.05, 3.63) is 57.6 Å². The third-order valence-corrected chi connectivity index (χ3v) is 7.48. The van der Waals surface area contributed by atoms with Crippen molar-refractivity contribution >= 4 is 30.8 Å². The average Bonchev–Trinajstić information content (AvgIpc) is 3.04. The van der Waals surface area contributed by atoms with Gasteiger partial charge < -0.3 is 24.2 Å². The molecule has 1 spiro atoms. The molecule has 2 aliphatic rings. The van der Waals surface area contributed by atoms with Gasteiger partial charge in [-0.25, -0.2) is 0 Å². The number of rotatable bonds is 6. The Morgan fingerprint density at radius 2 is 1.83 bits per heavy atom. The van der Waals surface area contributed by atoms with E-state index in [1.165, 1.54) is 5.56 Å². The summed E-state index contributed by atoms with van der Waals surface area (Å²) in [6.07, 6.45) is 1.70. The molecular weight excluding hydrogens is 448 g/mol. The maximum absolute atomic E-state index is 11.1. The molecule has 1 saturated heterocycles. The smallest absolute Gasteiger partial charge is 0.326 e. The highest BCUT2D eigenvalue weighted by Gasteiger charge is 2.43. The normalized spacial score (nSPS) is 18.3. The molecule has 0 saturated carbocycles. The van der Waals surface area contributed by atoms with E-state index in [9.17, 15) is 4.57 Å². The van der Waals surface area contributed by atoms with Crippen molar-refractivity contribution in [1.82, 2.24) is 4.90 Å². The first-order chi connectivity index (χ1) is 14.3. The minimum absolute atomic E-state index is 0.0431. The Bertz CT molecular complexity index is 952. The molecule has 0 aliphatic carbocycles. The van der Waals surface area contributed by atoms with Crippen LogP contribution in [-0.4, -0.2) is 47.1 Å². The first kappa shape index (κ1) is 21.9. The number of halogens is 2. The summed E-state index contributed by atoms with van der Waals surface area (Å²) in [5.74, 6) is 1.53. The lowest BCUT2D eigenvalue weighted by molar-refractivity contribution is 0.139. The van der Waals surface area contributed by atoms with E-state index in [1.54, 1.807) is 18.2 Å². The predicted molar refractivity (Wildman–Crippen MR) is 117 cm³/mol. The van der Waals surface area contributed by atoms with Crippen LogP contribution in [0.25, 0.3) is 0 Å². The zero-order valence-corrected chi connectivity index (χ0v) is 18.8. The summed E-state index contributed by atoms with van der Waals surface area (Å²) in [6.45, 7) is 2.91. The molecule has 0 amide bonds. The number of hydrogen-bond acceptors (Lipinski definition) is 4. The van der Waals surface area contributed by atoms with Gasteiger partial charge in [-0.3, -0.25) is 4.57 Å². The summed E-state index contributed by atoms with van der Waals surface area (Å²) in [7, 11) is -3.96. The Hall–Kier alpha value is -1.27. The molecule has 0 radical (unpaired) electrons. The first-order valence-electron chi connectivity index (χ1n) is 9.86. The van der Waals surface area contributed by atoms with Crippen molar-refractivity contribution in [3.8, 4) is 11.5 Å². The molecule has 0 bridgehead atoms. The largest absolute Gasteiger partial charge is 0.492 e. The highest BCUT2D eigenvalue weighted by Crippen LogP contribution is 2.47. The van der Waals surface area contributed by atoms with Crippen LogP contribution in [0.4, 0.5) is 0 Å². The minimum Gasteiger partial charge on any atom is -0.492 e. The second-order valence-corrected chi connectivity index (χ2v) is 10.5. The number of fused-ring (bicyclic) bond motifs is 2. The standard InChI is InChI=1S/C21H24Cl2NO5P/c22-18-2-1-3-19(23)16(18)13-28-15-4-5-17-20(12-15)29-14-21(17)6-8-24(9-7-21)10-11-30(25,26)27/h1-5,12H,6-11,13-14H2,(H2,25,26,27). The van der Waals surface area contributed by atoms with E-state index in [1.807, 2.05) is 12.1 Å². The zero-order valence-electron chi connectivity index (χ0n) is 16.4. The van der Waals surface area contributed by atoms with Gasteiger partial charge >= 0.3 is 7.60 Å². The van der Waals surface area contributed by atoms with E-state index in [0.717, 1.165) is 37.2 Å². The lowest BCUT2D eigenvalue weighted by Gasteiger charge is -2.38. The number of nitrogens with zero attached hydrogens (tertiary/aromatic N) is 1. The number of hydrogen-bond donors (Lipinski definition) is 2. The lowest BCUT2D eigenvalue weighted by atomic mass is 9.74. The van der Waals surface area contributed by atoms with Crippen LogP contribution in [0.3, 0.4) is 0 Å². The Balaban J connectivity index is 1.40.